The van der Waals surface area contributed by atoms with Gasteiger partial charge in [-0.05, 0) is 20.3 Å². The molecule has 1 aliphatic rings. The maximum atomic E-state index is 12.2. The van der Waals surface area contributed by atoms with Gasteiger partial charge in [0.15, 0.2) is 9.84 Å². The number of nitrogens with one attached hydrogen (secondary N) is 1. The van der Waals surface area contributed by atoms with Gasteiger partial charge in [0.2, 0.25) is 11.8 Å². The van der Waals surface area contributed by atoms with Gasteiger partial charge < -0.3 is 10.2 Å². The molecule has 0 aromatic rings. The van der Waals surface area contributed by atoms with Gasteiger partial charge in [-0.25, -0.2) is 8.42 Å². The molecule has 0 radical (unpaired) electrons. The van der Waals surface area contributed by atoms with Crippen LogP contribution in [0, 0.1) is 0 Å². The summed E-state index contributed by atoms with van der Waals surface area (Å²) >= 11 is 0. The van der Waals surface area contributed by atoms with Crippen LogP contribution in [0.4, 0.5) is 0 Å². The summed E-state index contributed by atoms with van der Waals surface area (Å²) in [5, 5.41) is 2.63. The molecule has 7 heteroatoms. The van der Waals surface area contributed by atoms with Crippen LogP contribution in [0.25, 0.3) is 0 Å². The Labute approximate surface area is 114 Å². The van der Waals surface area contributed by atoms with Gasteiger partial charge in [0.05, 0.1) is 5.75 Å². The summed E-state index contributed by atoms with van der Waals surface area (Å²) in [5.74, 6) is -0.518. The maximum absolute atomic E-state index is 12.2. The zero-order valence-corrected chi connectivity index (χ0v) is 12.7. The number of carbonyl (C=O) groups is 2. The SMILES string of the molecule is CCC1(C)C(=O)NC(C)C(=O)N1CCS(=O)(=O)CC. The fourth-order valence-electron chi connectivity index (χ4n) is 2.10. The van der Waals surface area contributed by atoms with Crippen LogP contribution >= 0.6 is 0 Å². The van der Waals surface area contributed by atoms with Crippen LogP contribution in [0.2, 0.25) is 0 Å². The molecule has 1 fully saturated rings. The fraction of sp³-hybridized carbons (Fsp3) is 0.833. The topological polar surface area (TPSA) is 83.6 Å². The molecule has 1 N–H and O–H groups in total. The van der Waals surface area contributed by atoms with Crippen molar-refractivity contribution in [1.82, 2.24) is 10.2 Å². The number of piperazine rings is 1. The molecule has 0 bridgehead atoms. The van der Waals surface area contributed by atoms with E-state index in [0.29, 0.717) is 6.42 Å². The second-order valence-corrected chi connectivity index (χ2v) is 7.52. The van der Waals surface area contributed by atoms with Crippen LogP contribution in [0.3, 0.4) is 0 Å². The van der Waals surface area contributed by atoms with Crippen molar-refractivity contribution in [3.05, 3.63) is 0 Å². The summed E-state index contributed by atoms with van der Waals surface area (Å²) in [6.07, 6.45) is 0.448. The molecule has 6 nitrogen and oxygen atoms in total. The molecule has 2 amide bonds. The Morgan fingerprint density at radius 3 is 2.37 bits per heavy atom. The van der Waals surface area contributed by atoms with E-state index in [0.717, 1.165) is 0 Å². The molecule has 0 spiro atoms. The molecular formula is C12H22N2O4S. The van der Waals surface area contributed by atoms with E-state index in [1.807, 2.05) is 6.92 Å². The van der Waals surface area contributed by atoms with Crippen LogP contribution in [0.1, 0.15) is 34.1 Å². The number of hydrogen-bond donors (Lipinski definition) is 1. The van der Waals surface area contributed by atoms with Crippen molar-refractivity contribution in [2.24, 2.45) is 0 Å². The predicted molar refractivity (Wildman–Crippen MR) is 72.3 cm³/mol. The molecule has 0 aromatic heterocycles. The lowest BCUT2D eigenvalue weighted by Gasteiger charge is -2.45. The van der Waals surface area contributed by atoms with Gasteiger partial charge in [0.1, 0.15) is 11.6 Å². The van der Waals surface area contributed by atoms with Crippen LogP contribution < -0.4 is 5.32 Å². The predicted octanol–water partition coefficient (Wildman–Crippen LogP) is -0.0633. The van der Waals surface area contributed by atoms with Gasteiger partial charge in [-0.15, -0.1) is 0 Å². The van der Waals surface area contributed by atoms with E-state index >= 15 is 0 Å². The van der Waals surface area contributed by atoms with E-state index in [-0.39, 0.29) is 29.9 Å². The average Bonchev–Trinajstić information content (AvgIpc) is 2.36. The Bertz CT molecular complexity index is 474. The summed E-state index contributed by atoms with van der Waals surface area (Å²) in [5.41, 5.74) is -0.965. The first-order valence-electron chi connectivity index (χ1n) is 6.50. The van der Waals surface area contributed by atoms with E-state index < -0.39 is 21.4 Å². The zero-order chi connectivity index (χ0) is 14.8. The number of hydrogen-bond acceptors (Lipinski definition) is 4. The Morgan fingerprint density at radius 1 is 1.32 bits per heavy atom. The van der Waals surface area contributed by atoms with Gasteiger partial charge in [-0.3, -0.25) is 9.59 Å². The highest BCUT2D eigenvalue weighted by Crippen LogP contribution is 2.24. The summed E-state index contributed by atoms with van der Waals surface area (Å²) in [7, 11) is -3.16. The fourth-order valence-corrected chi connectivity index (χ4v) is 2.85. The summed E-state index contributed by atoms with van der Waals surface area (Å²) < 4.78 is 23.1. The minimum Gasteiger partial charge on any atom is -0.343 e. The second-order valence-electron chi connectivity index (χ2n) is 5.05. The lowest BCUT2D eigenvalue weighted by Crippen LogP contribution is -2.69. The van der Waals surface area contributed by atoms with E-state index in [2.05, 4.69) is 5.32 Å². The Morgan fingerprint density at radius 2 is 1.89 bits per heavy atom. The molecule has 0 aromatic carbocycles. The van der Waals surface area contributed by atoms with Crippen molar-refractivity contribution in [3.8, 4) is 0 Å². The number of rotatable bonds is 5. The van der Waals surface area contributed by atoms with Gasteiger partial charge >= 0.3 is 0 Å². The van der Waals surface area contributed by atoms with Crippen molar-refractivity contribution >= 4 is 21.7 Å². The van der Waals surface area contributed by atoms with Gasteiger partial charge in [0, 0.05) is 12.3 Å². The smallest absolute Gasteiger partial charge is 0.246 e. The van der Waals surface area contributed by atoms with Crippen LogP contribution in [0.15, 0.2) is 0 Å². The molecule has 2 unspecified atom stereocenters. The normalized spacial score (nSPS) is 28.4. The quantitative estimate of drug-likeness (QED) is 0.768. The minimum absolute atomic E-state index is 0.0413. The van der Waals surface area contributed by atoms with Crippen molar-refractivity contribution < 1.29 is 18.0 Å². The molecule has 0 aliphatic carbocycles. The molecule has 1 aliphatic heterocycles. The molecule has 1 heterocycles. The summed E-state index contributed by atoms with van der Waals surface area (Å²) in [4.78, 5) is 25.6. The Balaban J connectivity index is 2.98. The van der Waals surface area contributed by atoms with Gasteiger partial charge in [0.25, 0.3) is 0 Å². The average molecular weight is 290 g/mol. The number of carbonyl (C=O) groups excluding carboxylic acids is 2. The molecule has 1 saturated heterocycles. The number of sulfone groups is 1. The first-order chi connectivity index (χ1) is 8.68. The summed E-state index contributed by atoms with van der Waals surface area (Å²) in [6, 6.07) is -0.601. The zero-order valence-electron chi connectivity index (χ0n) is 11.9. The van der Waals surface area contributed by atoms with Gasteiger partial charge in [-0.2, -0.15) is 0 Å². The van der Waals surface area contributed by atoms with E-state index in [1.54, 1.807) is 20.8 Å². The Kier molecular flexibility index (Phi) is 4.60. The third-order valence-corrected chi connectivity index (χ3v) is 5.51. The summed E-state index contributed by atoms with van der Waals surface area (Å²) in [6.45, 7) is 6.73. The highest BCUT2D eigenvalue weighted by atomic mass is 32.2. The van der Waals surface area contributed by atoms with Crippen molar-refractivity contribution in [2.45, 2.75) is 45.7 Å². The highest BCUT2D eigenvalue weighted by molar-refractivity contribution is 7.91. The molecule has 0 saturated carbocycles. The number of amides is 2. The maximum Gasteiger partial charge on any atom is 0.246 e. The van der Waals surface area contributed by atoms with Crippen LogP contribution in [-0.4, -0.2) is 54.8 Å². The lowest BCUT2D eigenvalue weighted by molar-refractivity contribution is -0.155. The third-order valence-electron chi connectivity index (χ3n) is 3.82. The lowest BCUT2D eigenvalue weighted by atomic mass is 9.91. The van der Waals surface area contributed by atoms with E-state index in [1.165, 1.54) is 4.90 Å². The molecular weight excluding hydrogens is 268 g/mol. The minimum atomic E-state index is -3.16. The van der Waals surface area contributed by atoms with E-state index in [4.69, 9.17) is 0 Å². The Hall–Kier alpha value is -1.11. The van der Waals surface area contributed by atoms with Crippen molar-refractivity contribution in [2.75, 3.05) is 18.1 Å². The first-order valence-corrected chi connectivity index (χ1v) is 8.33. The molecule has 1 rings (SSSR count). The largest absolute Gasteiger partial charge is 0.343 e. The molecule has 19 heavy (non-hydrogen) atoms. The monoisotopic (exact) mass is 290 g/mol. The van der Waals surface area contributed by atoms with Crippen molar-refractivity contribution in [1.29, 1.82) is 0 Å². The van der Waals surface area contributed by atoms with Crippen LogP contribution in [-0.2, 0) is 19.4 Å². The van der Waals surface area contributed by atoms with Gasteiger partial charge in [-0.1, -0.05) is 13.8 Å². The molecule has 2 atom stereocenters. The highest BCUT2D eigenvalue weighted by Gasteiger charge is 2.46. The second kappa shape index (κ2) is 5.48. The van der Waals surface area contributed by atoms with E-state index in [9.17, 15) is 18.0 Å². The standard InChI is InChI=1S/C12H22N2O4S/c1-5-12(4)11(16)13-9(3)10(15)14(12)7-8-19(17,18)6-2/h9H,5-8H2,1-4H3,(H,13,16). The number of nitrogens with zero attached hydrogens (tertiary/aromatic N) is 1. The van der Waals surface area contributed by atoms with Crippen LogP contribution in [0.5, 0.6) is 0 Å². The molecule has 110 valence electrons. The third kappa shape index (κ3) is 3.08. The first kappa shape index (κ1) is 15.9. The van der Waals surface area contributed by atoms with Crippen molar-refractivity contribution in [3.63, 3.8) is 0 Å².